The Morgan fingerprint density at radius 1 is 0.159 bits per heavy atom. The smallest absolute Gasteiger partial charge is 0.203 e. The lowest BCUT2D eigenvalue weighted by Gasteiger charge is -2.19. The molecule has 0 saturated heterocycles. The van der Waals surface area contributed by atoms with Gasteiger partial charge in [-0.25, -0.2) is 4.98 Å². The summed E-state index contributed by atoms with van der Waals surface area (Å²) in [7, 11) is 0. The Hall–Kier alpha value is -5.31. The average molecular weight is 1830 g/mol. The maximum Gasteiger partial charge on any atom is 0.203 e. The van der Waals surface area contributed by atoms with E-state index < -0.39 is 0 Å². The summed E-state index contributed by atoms with van der Waals surface area (Å²) in [6, 6.07) is 23.6. The molecule has 2 aromatic carbocycles. The number of benzene rings is 2. The van der Waals surface area contributed by atoms with Crippen LogP contribution in [0.1, 0.15) is 581 Å². The molecule has 5 aromatic rings. The minimum atomic E-state index is 0.652. The van der Waals surface area contributed by atoms with Gasteiger partial charge in [0.05, 0.1) is 62.4 Å². The van der Waals surface area contributed by atoms with Crippen LogP contribution in [0.3, 0.4) is 0 Å². The van der Waals surface area contributed by atoms with Gasteiger partial charge in [-0.2, -0.15) is 0 Å². The van der Waals surface area contributed by atoms with Crippen molar-refractivity contribution in [1.29, 1.82) is 0 Å². The molecule has 132 heavy (non-hydrogen) atoms. The maximum atomic E-state index is 6.93. The second-order valence-electron chi connectivity index (χ2n) is 40.5. The maximum absolute atomic E-state index is 6.93. The molecule has 0 atom stereocenters. The molecule has 0 unspecified atom stereocenters. The summed E-state index contributed by atoms with van der Waals surface area (Å²) < 4.78 is 41.5. The van der Waals surface area contributed by atoms with E-state index in [2.05, 4.69) is 108 Å². The normalized spacial score (nSPS) is 11.6. The van der Waals surface area contributed by atoms with Crippen LogP contribution in [-0.2, 0) is 0 Å². The van der Waals surface area contributed by atoms with Crippen LogP contribution in [0.2, 0.25) is 0 Å². The van der Waals surface area contributed by atoms with E-state index in [-0.39, 0.29) is 0 Å². The van der Waals surface area contributed by atoms with E-state index in [1.54, 1.807) is 0 Å². The molecule has 0 fully saturated rings. The molecule has 0 aliphatic rings. The van der Waals surface area contributed by atoms with Gasteiger partial charge in [0, 0.05) is 23.5 Å². The summed E-state index contributed by atoms with van der Waals surface area (Å²) >= 11 is 0. The van der Waals surface area contributed by atoms with Gasteiger partial charge in [-0.3, -0.25) is 9.97 Å². The minimum absolute atomic E-state index is 0.652. The van der Waals surface area contributed by atoms with Crippen molar-refractivity contribution < 1.29 is 28.4 Å². The molecule has 9 nitrogen and oxygen atoms in total. The van der Waals surface area contributed by atoms with Crippen LogP contribution >= 0.6 is 0 Å². The monoisotopic (exact) mass is 1830 g/mol. The molecule has 0 radical (unpaired) electrons. The van der Waals surface area contributed by atoms with Gasteiger partial charge in [0.25, 0.3) is 0 Å². The molecule has 0 bridgehead atoms. The first-order valence-electron chi connectivity index (χ1n) is 58.6. The first kappa shape index (κ1) is 117. The third kappa shape index (κ3) is 62.5. The van der Waals surface area contributed by atoms with Gasteiger partial charge in [-0.15, -0.1) is 0 Å². The van der Waals surface area contributed by atoms with Crippen LogP contribution in [0, 0.1) is 0 Å². The highest BCUT2D eigenvalue weighted by molar-refractivity contribution is 5.74. The van der Waals surface area contributed by atoms with E-state index >= 15 is 0 Å². The predicted molar refractivity (Wildman–Crippen MR) is 576 cm³/mol. The van der Waals surface area contributed by atoms with E-state index in [0.717, 1.165) is 118 Å². The molecule has 9 heteroatoms. The van der Waals surface area contributed by atoms with E-state index in [9.17, 15) is 0 Å². The summed E-state index contributed by atoms with van der Waals surface area (Å²) in [4.78, 5) is 15.6. The molecular formula is C123H211N3O6. The van der Waals surface area contributed by atoms with Crippen molar-refractivity contribution in [3.8, 4) is 79.5 Å². The summed E-state index contributed by atoms with van der Waals surface area (Å²) in [5.41, 5.74) is 7.27. The van der Waals surface area contributed by atoms with Gasteiger partial charge in [0.1, 0.15) is 0 Å². The minimum Gasteiger partial charge on any atom is -0.490 e. The number of ether oxygens (including phenoxy) is 6. The van der Waals surface area contributed by atoms with Crippen LogP contribution < -0.4 is 28.4 Å². The highest BCUT2D eigenvalue weighted by Crippen LogP contribution is 2.45. The average Bonchev–Trinajstić information content (AvgIpc) is 0.870. The molecule has 0 saturated carbocycles. The fourth-order valence-corrected chi connectivity index (χ4v) is 19.2. The van der Waals surface area contributed by atoms with Gasteiger partial charge in [-0.1, -0.05) is 561 Å². The SMILES string of the molecule is CCCCCCCCCCCCCCCCOc1cc(-c2ccc(-c3cccc(-c4ccc(-c5cc(OCCCCCCCCCCCCCCCC)c(OCCCCCCCCCCCCCCCC)c(OCCCCCCCCCCCCCCCC)c5)cn4)n3)nc2)cc(OCCCCCCCCCCCCCCCC)c1OCCCCCCCCCCCCCCCC. The Balaban J connectivity index is 1.35. The Morgan fingerprint density at radius 3 is 0.477 bits per heavy atom. The first-order valence-corrected chi connectivity index (χ1v) is 58.6. The Kier molecular flexibility index (Phi) is 78.5. The number of hydrogen-bond donors (Lipinski definition) is 0. The zero-order valence-electron chi connectivity index (χ0n) is 87.9. The number of nitrogens with zero attached hydrogens (tertiary/aromatic N) is 3. The standard InChI is InChI=1S/C123H211N3O6/c1-7-13-19-25-31-37-43-49-55-61-67-73-79-85-98-127-118-104-112(105-119(128-99-86-80-74-68-62-56-50-44-38-32-26-20-14-8-2)122(118)131-102-89-83-77-71-65-59-53-47-41-35-29-23-17-11-5)110-94-96-114(124-108-110)116-92-91-93-117(126-116)115-97-95-111(109-125-115)113-106-120(129-100-87-81-75-69-63-57-51-45-39-33-27-21-15-9-3)123(132-103-90-84-78-72-66-60-54-48-42-36-30-24-18-12-6)121(107-113)130-101-88-82-76-70-64-58-52-46-40-34-28-22-16-10-4/h91-97,104-109H,7-90,98-103H2,1-6H3. The fourth-order valence-electron chi connectivity index (χ4n) is 19.2. The van der Waals surface area contributed by atoms with Crippen molar-refractivity contribution in [2.75, 3.05) is 39.6 Å². The largest absolute Gasteiger partial charge is 0.490 e. The van der Waals surface area contributed by atoms with Crippen LogP contribution in [-0.4, -0.2) is 54.6 Å². The first-order chi connectivity index (χ1) is 65.5. The van der Waals surface area contributed by atoms with Gasteiger partial charge >= 0.3 is 0 Å². The fraction of sp³-hybridized carbons (Fsp3) is 0.780. The number of rotatable bonds is 100. The van der Waals surface area contributed by atoms with Gasteiger partial charge in [0.2, 0.25) is 11.5 Å². The molecule has 5 rings (SSSR count). The van der Waals surface area contributed by atoms with Crippen molar-refractivity contribution >= 4 is 0 Å². The molecular weight excluding hydrogens is 1620 g/mol. The van der Waals surface area contributed by atoms with Crippen molar-refractivity contribution in [2.24, 2.45) is 0 Å². The number of aromatic nitrogens is 3. The van der Waals surface area contributed by atoms with Crippen molar-refractivity contribution in [2.45, 2.75) is 581 Å². The van der Waals surface area contributed by atoms with E-state index in [4.69, 9.17) is 43.4 Å². The van der Waals surface area contributed by atoms with E-state index in [1.807, 2.05) is 12.4 Å². The van der Waals surface area contributed by atoms with Crippen LogP contribution in [0.15, 0.2) is 79.1 Å². The Bertz CT molecular complexity index is 2970. The molecule has 0 N–H and O–H groups in total. The predicted octanol–water partition coefficient (Wildman–Crippen LogP) is 41.7. The zero-order chi connectivity index (χ0) is 93.3. The lowest BCUT2D eigenvalue weighted by molar-refractivity contribution is 0.234. The summed E-state index contributed by atoms with van der Waals surface area (Å²) in [6.07, 6.45) is 116. The van der Waals surface area contributed by atoms with Gasteiger partial charge in [-0.05, 0) is 98.2 Å². The molecule has 0 aliphatic carbocycles. The van der Waals surface area contributed by atoms with Crippen LogP contribution in [0.5, 0.6) is 34.5 Å². The molecule has 0 aliphatic heterocycles. The topological polar surface area (TPSA) is 94.1 Å². The summed E-state index contributed by atoms with van der Waals surface area (Å²) in [6.45, 7) is 17.8. The summed E-state index contributed by atoms with van der Waals surface area (Å²) in [5.74, 6) is 4.66. The van der Waals surface area contributed by atoms with E-state index in [1.165, 1.54) is 501 Å². The third-order valence-corrected chi connectivity index (χ3v) is 28.0. The third-order valence-electron chi connectivity index (χ3n) is 28.0. The van der Waals surface area contributed by atoms with Crippen molar-refractivity contribution in [1.82, 2.24) is 15.0 Å². The van der Waals surface area contributed by atoms with Crippen molar-refractivity contribution in [3.63, 3.8) is 0 Å². The molecule has 754 valence electrons. The van der Waals surface area contributed by atoms with Crippen molar-refractivity contribution in [3.05, 3.63) is 79.1 Å². The highest BCUT2D eigenvalue weighted by atomic mass is 16.5. The van der Waals surface area contributed by atoms with Crippen LogP contribution in [0.4, 0.5) is 0 Å². The zero-order valence-corrected chi connectivity index (χ0v) is 87.9. The number of unbranched alkanes of at least 4 members (excludes halogenated alkanes) is 78. The molecule has 0 amide bonds. The molecule has 3 aromatic heterocycles. The lowest BCUT2D eigenvalue weighted by Crippen LogP contribution is -2.07. The lowest BCUT2D eigenvalue weighted by atomic mass is 10.0. The Labute approximate surface area is 817 Å². The quantitative estimate of drug-likeness (QED) is 0.0353. The highest BCUT2D eigenvalue weighted by Gasteiger charge is 2.21. The van der Waals surface area contributed by atoms with Crippen LogP contribution in [0.25, 0.3) is 45.0 Å². The van der Waals surface area contributed by atoms with Gasteiger partial charge in [0.15, 0.2) is 23.0 Å². The second kappa shape index (κ2) is 88.4. The second-order valence-corrected chi connectivity index (χ2v) is 40.5. The Morgan fingerprint density at radius 2 is 0.318 bits per heavy atom. The number of hydrogen-bond acceptors (Lipinski definition) is 9. The van der Waals surface area contributed by atoms with E-state index in [0.29, 0.717) is 39.6 Å². The summed E-state index contributed by atoms with van der Waals surface area (Å²) in [5, 5.41) is 0. The molecule has 3 heterocycles. The van der Waals surface area contributed by atoms with Gasteiger partial charge < -0.3 is 28.4 Å². The molecule has 0 spiro atoms. The number of pyridine rings is 3.